The summed E-state index contributed by atoms with van der Waals surface area (Å²) in [6.07, 6.45) is 0. The Labute approximate surface area is 152 Å². The first-order valence-electron chi connectivity index (χ1n) is 8.34. The van der Waals surface area contributed by atoms with Crippen molar-refractivity contribution in [2.75, 3.05) is 0 Å². The van der Waals surface area contributed by atoms with E-state index in [2.05, 4.69) is 4.98 Å². The van der Waals surface area contributed by atoms with E-state index in [0.717, 1.165) is 16.7 Å². The van der Waals surface area contributed by atoms with Gasteiger partial charge in [0.25, 0.3) is 10.0 Å². The molecule has 4 rings (SSSR count). The standard InChI is InChI=1S/C21H18N2O2S/c1-15-11-13-17(14-12-15)26(24,25)23-20-10-6-5-9-19(20)22-21(23)18-8-4-3-7-16(18)2/h3-14H,1-2H3. The summed E-state index contributed by atoms with van der Waals surface area (Å²) in [5.41, 5.74) is 4.02. The van der Waals surface area contributed by atoms with Gasteiger partial charge in [-0.3, -0.25) is 0 Å². The van der Waals surface area contributed by atoms with Gasteiger partial charge in [-0.15, -0.1) is 0 Å². The maximum Gasteiger partial charge on any atom is 0.269 e. The van der Waals surface area contributed by atoms with Crippen LogP contribution in [0.3, 0.4) is 0 Å². The molecule has 130 valence electrons. The van der Waals surface area contributed by atoms with Gasteiger partial charge < -0.3 is 0 Å². The number of imidazole rings is 1. The molecule has 0 radical (unpaired) electrons. The summed E-state index contributed by atoms with van der Waals surface area (Å²) in [4.78, 5) is 4.89. The Morgan fingerprint density at radius 2 is 1.46 bits per heavy atom. The number of hydrogen-bond acceptors (Lipinski definition) is 3. The molecule has 0 spiro atoms. The highest BCUT2D eigenvalue weighted by molar-refractivity contribution is 7.90. The van der Waals surface area contributed by atoms with E-state index in [1.165, 1.54) is 3.97 Å². The highest BCUT2D eigenvalue weighted by atomic mass is 32.2. The molecule has 0 fully saturated rings. The van der Waals surface area contributed by atoms with Gasteiger partial charge in [0.05, 0.1) is 15.9 Å². The van der Waals surface area contributed by atoms with E-state index in [9.17, 15) is 8.42 Å². The average molecular weight is 362 g/mol. The minimum absolute atomic E-state index is 0.251. The molecule has 4 aromatic rings. The molecule has 0 aliphatic heterocycles. The third-order valence-electron chi connectivity index (χ3n) is 4.46. The van der Waals surface area contributed by atoms with Crippen LogP contribution in [0, 0.1) is 13.8 Å². The normalized spacial score (nSPS) is 11.8. The summed E-state index contributed by atoms with van der Waals surface area (Å²) in [7, 11) is -3.78. The maximum absolute atomic E-state index is 13.4. The van der Waals surface area contributed by atoms with Gasteiger partial charge in [-0.05, 0) is 43.7 Å². The Kier molecular flexibility index (Phi) is 3.89. The van der Waals surface area contributed by atoms with Crippen molar-refractivity contribution in [2.45, 2.75) is 18.7 Å². The molecule has 1 heterocycles. The van der Waals surface area contributed by atoms with Crippen molar-refractivity contribution >= 4 is 21.1 Å². The SMILES string of the molecule is Cc1ccc(S(=O)(=O)n2c(-c3ccccc3C)nc3ccccc32)cc1. The zero-order valence-corrected chi connectivity index (χ0v) is 15.4. The average Bonchev–Trinajstić information content (AvgIpc) is 3.02. The van der Waals surface area contributed by atoms with E-state index in [4.69, 9.17) is 0 Å². The van der Waals surface area contributed by atoms with Crippen LogP contribution in [0.15, 0.2) is 77.7 Å². The molecule has 5 heteroatoms. The molecular formula is C21H18N2O2S. The Bertz CT molecular complexity index is 1210. The summed E-state index contributed by atoms with van der Waals surface area (Å²) < 4.78 is 28.3. The summed E-state index contributed by atoms with van der Waals surface area (Å²) in [6, 6.07) is 21.9. The molecule has 0 aliphatic rings. The molecule has 3 aromatic carbocycles. The van der Waals surface area contributed by atoms with Gasteiger partial charge in [-0.2, -0.15) is 0 Å². The van der Waals surface area contributed by atoms with Gasteiger partial charge in [0.1, 0.15) is 0 Å². The Morgan fingerprint density at radius 1 is 0.808 bits per heavy atom. The number of aryl methyl sites for hydroxylation is 2. The van der Waals surface area contributed by atoms with Crippen LogP contribution in [0.1, 0.15) is 11.1 Å². The fourth-order valence-electron chi connectivity index (χ4n) is 3.06. The van der Waals surface area contributed by atoms with E-state index in [-0.39, 0.29) is 4.90 Å². The number of benzene rings is 3. The van der Waals surface area contributed by atoms with Crippen molar-refractivity contribution in [2.24, 2.45) is 0 Å². The number of para-hydroxylation sites is 2. The smallest absolute Gasteiger partial charge is 0.227 e. The molecule has 26 heavy (non-hydrogen) atoms. The van der Waals surface area contributed by atoms with Crippen molar-refractivity contribution in [1.29, 1.82) is 0 Å². The lowest BCUT2D eigenvalue weighted by molar-refractivity contribution is 0.589. The number of fused-ring (bicyclic) bond motifs is 1. The second-order valence-corrected chi connectivity index (χ2v) is 8.11. The van der Waals surface area contributed by atoms with Gasteiger partial charge >= 0.3 is 0 Å². The fraction of sp³-hybridized carbons (Fsp3) is 0.0952. The van der Waals surface area contributed by atoms with Crippen LogP contribution in [0.25, 0.3) is 22.4 Å². The van der Waals surface area contributed by atoms with Crippen molar-refractivity contribution in [3.63, 3.8) is 0 Å². The number of hydrogen-bond donors (Lipinski definition) is 0. The molecule has 0 atom stereocenters. The summed E-state index contributed by atoms with van der Waals surface area (Å²) in [6.45, 7) is 3.89. The van der Waals surface area contributed by atoms with Crippen molar-refractivity contribution in [3.05, 3.63) is 83.9 Å². The molecular weight excluding hydrogens is 344 g/mol. The molecule has 0 saturated carbocycles. The maximum atomic E-state index is 13.4. The first-order chi connectivity index (χ1) is 12.5. The van der Waals surface area contributed by atoms with E-state index in [1.807, 2.05) is 56.3 Å². The first kappa shape index (κ1) is 16.5. The molecule has 0 unspecified atom stereocenters. The van der Waals surface area contributed by atoms with Crippen LogP contribution >= 0.6 is 0 Å². The van der Waals surface area contributed by atoms with E-state index < -0.39 is 10.0 Å². The number of rotatable bonds is 3. The lowest BCUT2D eigenvalue weighted by atomic mass is 10.1. The second kappa shape index (κ2) is 6.11. The first-order valence-corrected chi connectivity index (χ1v) is 9.78. The van der Waals surface area contributed by atoms with Gasteiger partial charge in [0, 0.05) is 5.56 Å². The Balaban J connectivity index is 2.07. The third-order valence-corrected chi connectivity index (χ3v) is 6.18. The molecule has 0 N–H and O–H groups in total. The molecule has 0 bridgehead atoms. The number of aromatic nitrogens is 2. The zero-order chi connectivity index (χ0) is 18.3. The molecule has 0 amide bonds. The molecule has 0 aliphatic carbocycles. The highest BCUT2D eigenvalue weighted by Gasteiger charge is 2.25. The quantitative estimate of drug-likeness (QED) is 0.537. The topological polar surface area (TPSA) is 52.0 Å². The minimum atomic E-state index is -3.78. The Hall–Kier alpha value is -2.92. The van der Waals surface area contributed by atoms with Crippen molar-refractivity contribution in [3.8, 4) is 11.4 Å². The molecule has 0 saturated heterocycles. The highest BCUT2D eigenvalue weighted by Crippen LogP contribution is 2.31. The van der Waals surface area contributed by atoms with Gasteiger partial charge in [-0.1, -0.05) is 54.1 Å². The van der Waals surface area contributed by atoms with Crippen LogP contribution in [0.2, 0.25) is 0 Å². The van der Waals surface area contributed by atoms with Gasteiger partial charge in [0.2, 0.25) is 0 Å². The second-order valence-electron chi connectivity index (χ2n) is 6.32. The lowest BCUT2D eigenvalue weighted by Crippen LogP contribution is -2.14. The van der Waals surface area contributed by atoms with E-state index >= 15 is 0 Å². The largest absolute Gasteiger partial charge is 0.269 e. The summed E-state index contributed by atoms with van der Waals surface area (Å²) in [5, 5.41) is 0. The molecule has 1 aromatic heterocycles. The van der Waals surface area contributed by atoms with Crippen LogP contribution in [0.5, 0.6) is 0 Å². The lowest BCUT2D eigenvalue weighted by Gasteiger charge is -2.12. The Morgan fingerprint density at radius 3 is 2.19 bits per heavy atom. The third kappa shape index (κ3) is 2.61. The predicted molar refractivity (Wildman–Crippen MR) is 104 cm³/mol. The summed E-state index contributed by atoms with van der Waals surface area (Å²) in [5.74, 6) is 0.435. The van der Waals surface area contributed by atoms with Crippen LogP contribution in [-0.4, -0.2) is 17.4 Å². The van der Waals surface area contributed by atoms with E-state index in [1.54, 1.807) is 30.3 Å². The predicted octanol–water partition coefficient (Wildman–Crippen LogP) is 4.56. The van der Waals surface area contributed by atoms with Crippen LogP contribution in [-0.2, 0) is 10.0 Å². The summed E-state index contributed by atoms with van der Waals surface area (Å²) >= 11 is 0. The van der Waals surface area contributed by atoms with Crippen molar-refractivity contribution < 1.29 is 8.42 Å². The van der Waals surface area contributed by atoms with Gasteiger partial charge in [-0.25, -0.2) is 17.4 Å². The molecule has 4 nitrogen and oxygen atoms in total. The fourth-order valence-corrected chi connectivity index (χ4v) is 4.53. The number of nitrogens with zero attached hydrogens (tertiary/aromatic N) is 2. The van der Waals surface area contributed by atoms with Crippen LogP contribution < -0.4 is 0 Å². The van der Waals surface area contributed by atoms with Crippen LogP contribution in [0.4, 0.5) is 0 Å². The van der Waals surface area contributed by atoms with Gasteiger partial charge in [0.15, 0.2) is 5.82 Å². The minimum Gasteiger partial charge on any atom is -0.227 e. The monoisotopic (exact) mass is 362 g/mol. The van der Waals surface area contributed by atoms with E-state index in [0.29, 0.717) is 16.9 Å². The zero-order valence-electron chi connectivity index (χ0n) is 14.5. The van der Waals surface area contributed by atoms with Crippen molar-refractivity contribution in [1.82, 2.24) is 8.96 Å².